The van der Waals surface area contributed by atoms with E-state index in [-0.39, 0.29) is 18.4 Å². The highest BCUT2D eigenvalue weighted by Gasteiger charge is 2.06. The molecule has 108 valence electrons. The third-order valence-corrected chi connectivity index (χ3v) is 2.71. The summed E-state index contributed by atoms with van der Waals surface area (Å²) in [5.74, 6) is -0.224. The average molecular weight is 317 g/mol. The van der Waals surface area contributed by atoms with E-state index >= 15 is 0 Å². The van der Waals surface area contributed by atoms with Crippen molar-refractivity contribution in [3.05, 3.63) is 40.9 Å². The average Bonchev–Trinajstić information content (AvgIpc) is 2.42. The molecule has 2 amide bonds. The van der Waals surface area contributed by atoms with Gasteiger partial charge in [0.15, 0.2) is 6.61 Å². The van der Waals surface area contributed by atoms with Crippen LogP contribution in [0.1, 0.15) is 0 Å². The van der Waals surface area contributed by atoms with E-state index in [1.165, 1.54) is 6.07 Å². The Morgan fingerprint density at radius 1 is 1.25 bits per heavy atom. The molecule has 0 aliphatic rings. The maximum atomic E-state index is 11.5. The molecule has 0 radical (unpaired) electrons. The molecule has 0 atom stereocenters. The van der Waals surface area contributed by atoms with E-state index < -0.39 is 0 Å². The van der Waals surface area contributed by atoms with Crippen molar-refractivity contribution in [3.8, 4) is 5.75 Å². The molecule has 0 aliphatic carbocycles. The molecule has 0 bridgehead atoms. The van der Waals surface area contributed by atoms with E-state index in [2.05, 4.69) is 17.2 Å². The Morgan fingerprint density at radius 3 is 2.60 bits per heavy atom. The molecule has 0 unspecified atom stereocenters. The third kappa shape index (κ3) is 5.95. The first-order chi connectivity index (χ1) is 9.52. The van der Waals surface area contributed by atoms with Gasteiger partial charge in [0.2, 0.25) is 5.91 Å². The lowest BCUT2D eigenvalue weighted by atomic mass is 10.3. The summed E-state index contributed by atoms with van der Waals surface area (Å²) in [5.41, 5.74) is 0. The van der Waals surface area contributed by atoms with E-state index in [1.54, 1.807) is 12.1 Å². The quantitative estimate of drug-likeness (QED) is 0.595. The number of amides is 2. The van der Waals surface area contributed by atoms with Crippen LogP contribution in [-0.4, -0.2) is 31.5 Å². The lowest BCUT2D eigenvalue weighted by Crippen LogP contribution is -2.36. The van der Waals surface area contributed by atoms with Gasteiger partial charge < -0.3 is 15.4 Å². The molecule has 0 saturated carbocycles. The van der Waals surface area contributed by atoms with Crippen LogP contribution in [0.2, 0.25) is 10.0 Å². The van der Waals surface area contributed by atoms with Crippen molar-refractivity contribution in [3.63, 3.8) is 0 Å². The maximum Gasteiger partial charge on any atom is 0.258 e. The van der Waals surface area contributed by atoms with Crippen LogP contribution in [0.3, 0.4) is 0 Å². The number of carbonyl (C=O) groups is 2. The van der Waals surface area contributed by atoms with E-state index in [0.717, 1.165) is 6.08 Å². The third-order valence-electron chi connectivity index (χ3n) is 2.18. The van der Waals surface area contributed by atoms with Crippen molar-refractivity contribution < 1.29 is 14.3 Å². The molecule has 1 aromatic carbocycles. The zero-order valence-corrected chi connectivity index (χ0v) is 12.1. The minimum Gasteiger partial charge on any atom is -0.482 e. The van der Waals surface area contributed by atoms with Gasteiger partial charge in [-0.1, -0.05) is 29.8 Å². The first kappa shape index (κ1) is 16.3. The molecule has 7 heteroatoms. The molecule has 0 aromatic heterocycles. The zero-order chi connectivity index (χ0) is 15.0. The second-order valence-corrected chi connectivity index (χ2v) is 4.55. The second kappa shape index (κ2) is 8.45. The zero-order valence-electron chi connectivity index (χ0n) is 10.6. The Morgan fingerprint density at radius 2 is 1.95 bits per heavy atom. The number of hydrogen-bond acceptors (Lipinski definition) is 3. The van der Waals surface area contributed by atoms with Crippen molar-refractivity contribution in [2.24, 2.45) is 0 Å². The van der Waals surface area contributed by atoms with E-state index in [1.807, 2.05) is 0 Å². The molecule has 0 saturated heterocycles. The van der Waals surface area contributed by atoms with Gasteiger partial charge in [-0.15, -0.1) is 0 Å². The van der Waals surface area contributed by atoms with Crippen LogP contribution >= 0.6 is 23.2 Å². The first-order valence-corrected chi connectivity index (χ1v) is 6.53. The smallest absolute Gasteiger partial charge is 0.258 e. The Balaban J connectivity index is 2.26. The Bertz CT molecular complexity index is 506. The number of nitrogens with one attached hydrogen (secondary N) is 2. The molecule has 2 N–H and O–H groups in total. The van der Waals surface area contributed by atoms with Gasteiger partial charge in [-0.05, 0) is 24.3 Å². The van der Waals surface area contributed by atoms with Gasteiger partial charge in [0, 0.05) is 18.1 Å². The summed E-state index contributed by atoms with van der Waals surface area (Å²) in [6, 6.07) is 4.73. The number of ether oxygens (including phenoxy) is 1. The fourth-order valence-electron chi connectivity index (χ4n) is 1.25. The lowest BCUT2D eigenvalue weighted by molar-refractivity contribution is -0.123. The number of carbonyl (C=O) groups excluding carboxylic acids is 2. The maximum absolute atomic E-state index is 11.5. The molecule has 1 aromatic rings. The van der Waals surface area contributed by atoms with E-state index in [9.17, 15) is 9.59 Å². The Kier molecular flexibility index (Phi) is 6.90. The molecular weight excluding hydrogens is 303 g/mol. The van der Waals surface area contributed by atoms with Crippen LogP contribution in [0, 0.1) is 0 Å². The van der Waals surface area contributed by atoms with Gasteiger partial charge in [-0.25, -0.2) is 0 Å². The number of hydrogen-bond donors (Lipinski definition) is 2. The lowest BCUT2D eigenvalue weighted by Gasteiger charge is -2.09. The molecular formula is C13H14Cl2N2O3. The summed E-state index contributed by atoms with van der Waals surface area (Å²) in [7, 11) is 0. The monoisotopic (exact) mass is 316 g/mol. The van der Waals surface area contributed by atoms with Crippen LogP contribution in [0.15, 0.2) is 30.9 Å². The predicted molar refractivity (Wildman–Crippen MR) is 78.2 cm³/mol. The molecule has 0 heterocycles. The van der Waals surface area contributed by atoms with Crippen LogP contribution < -0.4 is 15.4 Å². The largest absolute Gasteiger partial charge is 0.482 e. The summed E-state index contributed by atoms with van der Waals surface area (Å²) in [4.78, 5) is 22.3. The van der Waals surface area contributed by atoms with Gasteiger partial charge >= 0.3 is 0 Å². The number of benzene rings is 1. The van der Waals surface area contributed by atoms with Crippen molar-refractivity contribution >= 4 is 35.0 Å². The summed E-state index contributed by atoms with van der Waals surface area (Å²) in [6.07, 6.45) is 1.16. The first-order valence-electron chi connectivity index (χ1n) is 5.77. The van der Waals surface area contributed by atoms with Gasteiger partial charge in [-0.3, -0.25) is 9.59 Å². The highest BCUT2D eigenvalue weighted by molar-refractivity contribution is 6.35. The second-order valence-electron chi connectivity index (χ2n) is 3.71. The molecule has 0 fully saturated rings. The Labute approximate surface area is 126 Å². The minimum absolute atomic E-state index is 0.170. The fraction of sp³-hybridized carbons (Fsp3) is 0.231. The number of rotatable bonds is 7. The van der Waals surface area contributed by atoms with Crippen LogP contribution in [0.4, 0.5) is 0 Å². The summed E-state index contributed by atoms with van der Waals surface area (Å²) in [5, 5.41) is 5.94. The SMILES string of the molecule is C=CC(=O)NCCNC(=O)COc1ccc(Cl)cc1Cl. The highest BCUT2D eigenvalue weighted by atomic mass is 35.5. The molecule has 1 rings (SSSR count). The minimum atomic E-state index is -0.316. The molecule has 20 heavy (non-hydrogen) atoms. The Hall–Kier alpha value is -1.72. The molecule has 0 aliphatic heterocycles. The van der Waals surface area contributed by atoms with Crippen molar-refractivity contribution in [1.82, 2.24) is 10.6 Å². The van der Waals surface area contributed by atoms with Gasteiger partial charge in [-0.2, -0.15) is 0 Å². The van der Waals surface area contributed by atoms with Crippen molar-refractivity contribution in [2.45, 2.75) is 0 Å². The molecule has 0 spiro atoms. The summed E-state index contributed by atoms with van der Waals surface area (Å²) in [6.45, 7) is 3.76. The standard InChI is InChI=1S/C13H14Cl2N2O3/c1-2-12(18)16-5-6-17-13(19)8-20-11-4-3-9(14)7-10(11)15/h2-4,7H,1,5-6,8H2,(H,16,18)(H,17,19). The van der Waals surface area contributed by atoms with Crippen LogP contribution in [0.5, 0.6) is 5.75 Å². The van der Waals surface area contributed by atoms with Crippen molar-refractivity contribution in [2.75, 3.05) is 19.7 Å². The number of halogens is 2. The molecule has 5 nitrogen and oxygen atoms in total. The summed E-state index contributed by atoms with van der Waals surface area (Å²) < 4.78 is 5.25. The van der Waals surface area contributed by atoms with Gasteiger partial charge in [0.05, 0.1) is 5.02 Å². The predicted octanol–water partition coefficient (Wildman–Crippen LogP) is 1.79. The van der Waals surface area contributed by atoms with E-state index in [0.29, 0.717) is 28.9 Å². The van der Waals surface area contributed by atoms with Crippen molar-refractivity contribution in [1.29, 1.82) is 0 Å². The van der Waals surface area contributed by atoms with Crippen LogP contribution in [0.25, 0.3) is 0 Å². The topological polar surface area (TPSA) is 67.4 Å². The van der Waals surface area contributed by atoms with Gasteiger partial charge in [0.25, 0.3) is 5.91 Å². The highest BCUT2D eigenvalue weighted by Crippen LogP contribution is 2.27. The fourth-order valence-corrected chi connectivity index (χ4v) is 1.71. The summed E-state index contributed by atoms with van der Waals surface area (Å²) >= 11 is 11.6. The van der Waals surface area contributed by atoms with Gasteiger partial charge in [0.1, 0.15) is 5.75 Å². The van der Waals surface area contributed by atoms with E-state index in [4.69, 9.17) is 27.9 Å². The normalized spacial score (nSPS) is 9.70. The van der Waals surface area contributed by atoms with Crippen LogP contribution in [-0.2, 0) is 9.59 Å².